The van der Waals surface area contributed by atoms with Gasteiger partial charge in [-0.2, -0.15) is 0 Å². The summed E-state index contributed by atoms with van der Waals surface area (Å²) < 4.78 is 23.6. The Bertz CT molecular complexity index is 984. The molecule has 57 heavy (non-hydrogen) atoms. The number of allylic oxidation sites excluding steroid dienone is 3. The lowest BCUT2D eigenvalue weighted by molar-refractivity contribution is -0.870. The van der Waals surface area contributed by atoms with Crippen LogP contribution in [0.4, 0.5) is 0 Å². The topological polar surface area (TPSA) is 105 Å². The first-order chi connectivity index (χ1) is 27.5. The summed E-state index contributed by atoms with van der Waals surface area (Å²) >= 11 is 0. The first-order valence-corrected chi connectivity index (χ1v) is 25.7. The van der Waals surface area contributed by atoms with Crippen LogP contribution in [-0.4, -0.2) is 73.4 Å². The number of amides is 1. The van der Waals surface area contributed by atoms with Gasteiger partial charge in [0, 0.05) is 6.42 Å². The molecule has 9 heteroatoms. The summed E-state index contributed by atoms with van der Waals surface area (Å²) in [5, 5.41) is 13.8. The molecule has 0 saturated heterocycles. The van der Waals surface area contributed by atoms with Crippen molar-refractivity contribution in [1.82, 2.24) is 5.32 Å². The van der Waals surface area contributed by atoms with Gasteiger partial charge in [0.15, 0.2) is 0 Å². The van der Waals surface area contributed by atoms with E-state index in [2.05, 4.69) is 31.3 Å². The van der Waals surface area contributed by atoms with Crippen LogP contribution in [0.15, 0.2) is 24.3 Å². The number of likely N-dealkylation sites (N-methyl/N-ethyl adjacent to an activating group) is 1. The standard InChI is InChI=1S/C48H95N2O6P/c1-6-8-10-12-14-16-18-20-21-22-23-24-25-26-27-28-30-32-34-36-38-40-42-48(52)49-46(45-56-57(53,54)55-44-43-50(3,4)5)47(51)41-39-37-35-33-31-29-19-17-15-13-11-9-7-2/h25-26,39,41,46-47,51H,6-24,27-38,40,42-45H2,1-5H3,(H-,49,52,53,54)/p+1/b26-25-,41-39+. The SMILES string of the molecule is CCCCCCCCCCCCC/C=C\CCCCCCCCCC(=O)NC(COP(=O)(O)OCC[N+](C)(C)C)C(O)/C=C/CCCCCCCCCCCCC. The molecule has 0 spiro atoms. The minimum Gasteiger partial charge on any atom is -0.387 e. The van der Waals surface area contributed by atoms with Crippen LogP contribution in [0.3, 0.4) is 0 Å². The molecule has 1 amide bonds. The van der Waals surface area contributed by atoms with Crippen molar-refractivity contribution in [3.8, 4) is 0 Å². The van der Waals surface area contributed by atoms with Gasteiger partial charge in [-0.15, -0.1) is 0 Å². The van der Waals surface area contributed by atoms with E-state index in [1.54, 1.807) is 6.08 Å². The van der Waals surface area contributed by atoms with E-state index in [0.717, 1.165) is 38.5 Å². The summed E-state index contributed by atoms with van der Waals surface area (Å²) in [6.45, 7) is 4.82. The number of nitrogens with zero attached hydrogens (tertiary/aromatic N) is 1. The normalized spacial score (nSPS) is 14.4. The van der Waals surface area contributed by atoms with Crippen molar-refractivity contribution < 1.29 is 32.9 Å². The van der Waals surface area contributed by atoms with Crippen LogP contribution in [0.5, 0.6) is 0 Å². The van der Waals surface area contributed by atoms with Crippen LogP contribution in [0.1, 0.15) is 226 Å². The van der Waals surface area contributed by atoms with E-state index in [1.165, 1.54) is 167 Å². The largest absolute Gasteiger partial charge is 0.472 e. The lowest BCUT2D eigenvalue weighted by atomic mass is 10.0. The number of carbonyl (C=O) groups excluding carboxylic acids is 1. The Morgan fingerprint density at radius 1 is 0.579 bits per heavy atom. The molecule has 0 aromatic rings. The Kier molecular flexibility index (Phi) is 39.7. The van der Waals surface area contributed by atoms with Gasteiger partial charge in [-0.05, 0) is 44.9 Å². The summed E-state index contributed by atoms with van der Waals surface area (Å²) in [4.78, 5) is 23.1. The molecule has 0 aliphatic carbocycles. The molecule has 3 unspecified atom stereocenters. The molecule has 0 aliphatic heterocycles. The number of rotatable bonds is 44. The number of quaternary nitrogens is 1. The number of phosphoric ester groups is 1. The molecule has 0 rings (SSSR count). The smallest absolute Gasteiger partial charge is 0.387 e. The van der Waals surface area contributed by atoms with Gasteiger partial charge in [-0.3, -0.25) is 13.8 Å². The highest BCUT2D eigenvalue weighted by molar-refractivity contribution is 7.47. The van der Waals surface area contributed by atoms with Gasteiger partial charge >= 0.3 is 7.82 Å². The molecule has 0 heterocycles. The molecule has 0 fully saturated rings. The minimum absolute atomic E-state index is 0.0618. The molecule has 3 N–H and O–H groups in total. The van der Waals surface area contributed by atoms with Crippen molar-refractivity contribution in [3.63, 3.8) is 0 Å². The predicted molar refractivity (Wildman–Crippen MR) is 245 cm³/mol. The molecule has 0 aromatic heterocycles. The van der Waals surface area contributed by atoms with Gasteiger partial charge in [-0.1, -0.05) is 199 Å². The summed E-state index contributed by atoms with van der Waals surface area (Å²) in [6.07, 6.45) is 48.2. The second-order valence-electron chi connectivity index (χ2n) is 17.8. The van der Waals surface area contributed by atoms with Crippen LogP contribution in [0.2, 0.25) is 0 Å². The van der Waals surface area contributed by atoms with E-state index in [0.29, 0.717) is 17.4 Å². The molecule has 0 aliphatic rings. The van der Waals surface area contributed by atoms with E-state index >= 15 is 0 Å². The maximum absolute atomic E-state index is 12.9. The van der Waals surface area contributed by atoms with Gasteiger partial charge in [0.1, 0.15) is 13.2 Å². The maximum atomic E-state index is 12.9. The predicted octanol–water partition coefficient (Wildman–Crippen LogP) is 13.7. The molecular formula is C48H96N2O6P+. The molecule has 0 radical (unpaired) electrons. The lowest BCUT2D eigenvalue weighted by Crippen LogP contribution is -2.45. The first kappa shape index (κ1) is 56.0. The van der Waals surface area contributed by atoms with Gasteiger partial charge in [-0.25, -0.2) is 4.57 Å². The third kappa shape index (κ3) is 42.9. The van der Waals surface area contributed by atoms with Gasteiger partial charge < -0.3 is 19.8 Å². The fourth-order valence-corrected chi connectivity index (χ4v) is 7.77. The lowest BCUT2D eigenvalue weighted by Gasteiger charge is -2.25. The Morgan fingerprint density at radius 2 is 0.947 bits per heavy atom. The Balaban J connectivity index is 4.29. The zero-order valence-electron chi connectivity index (χ0n) is 38.3. The second kappa shape index (κ2) is 40.4. The van der Waals surface area contributed by atoms with E-state index < -0.39 is 20.0 Å². The highest BCUT2D eigenvalue weighted by Gasteiger charge is 2.27. The van der Waals surface area contributed by atoms with E-state index in [4.69, 9.17) is 9.05 Å². The van der Waals surface area contributed by atoms with Crippen molar-refractivity contribution in [3.05, 3.63) is 24.3 Å². The van der Waals surface area contributed by atoms with Crippen LogP contribution in [0, 0.1) is 0 Å². The van der Waals surface area contributed by atoms with Crippen LogP contribution < -0.4 is 5.32 Å². The monoisotopic (exact) mass is 828 g/mol. The maximum Gasteiger partial charge on any atom is 0.472 e. The summed E-state index contributed by atoms with van der Waals surface area (Å²) in [6, 6.07) is -0.845. The minimum atomic E-state index is -4.34. The van der Waals surface area contributed by atoms with E-state index in [9.17, 15) is 19.4 Å². The Labute approximate surface area is 354 Å². The third-order valence-corrected chi connectivity index (χ3v) is 11.9. The molecule has 0 saturated carbocycles. The summed E-state index contributed by atoms with van der Waals surface area (Å²) in [5.41, 5.74) is 0. The van der Waals surface area contributed by atoms with Crippen molar-refractivity contribution in [1.29, 1.82) is 0 Å². The second-order valence-corrected chi connectivity index (χ2v) is 19.3. The van der Waals surface area contributed by atoms with Gasteiger partial charge in [0.05, 0.1) is 39.9 Å². The van der Waals surface area contributed by atoms with Crippen molar-refractivity contribution in [2.45, 2.75) is 238 Å². The molecule has 338 valence electrons. The van der Waals surface area contributed by atoms with Crippen molar-refractivity contribution in [2.24, 2.45) is 0 Å². The summed E-state index contributed by atoms with van der Waals surface area (Å²) in [7, 11) is 1.57. The number of aliphatic hydroxyl groups excluding tert-OH is 1. The van der Waals surface area contributed by atoms with Gasteiger partial charge in [0.2, 0.25) is 5.91 Å². The van der Waals surface area contributed by atoms with E-state index in [-0.39, 0.29) is 19.1 Å². The Hall–Kier alpha value is -1.02. The van der Waals surface area contributed by atoms with Crippen LogP contribution in [0.25, 0.3) is 0 Å². The average Bonchev–Trinajstić information content (AvgIpc) is 3.16. The fraction of sp³-hybridized carbons (Fsp3) is 0.896. The fourth-order valence-electron chi connectivity index (χ4n) is 7.04. The number of unbranched alkanes of at least 4 members (excludes halogenated alkanes) is 29. The Morgan fingerprint density at radius 3 is 1.35 bits per heavy atom. The zero-order chi connectivity index (χ0) is 42.1. The highest BCUT2D eigenvalue weighted by atomic mass is 31.2. The van der Waals surface area contributed by atoms with Crippen molar-refractivity contribution in [2.75, 3.05) is 40.9 Å². The highest BCUT2D eigenvalue weighted by Crippen LogP contribution is 2.43. The molecule has 8 nitrogen and oxygen atoms in total. The van der Waals surface area contributed by atoms with E-state index in [1.807, 2.05) is 27.2 Å². The number of nitrogens with one attached hydrogen (secondary N) is 1. The van der Waals surface area contributed by atoms with Gasteiger partial charge in [0.25, 0.3) is 0 Å². The number of phosphoric acid groups is 1. The quantitative estimate of drug-likeness (QED) is 0.0244. The number of aliphatic hydroxyl groups is 1. The third-order valence-electron chi connectivity index (χ3n) is 10.9. The molecular weight excluding hydrogens is 732 g/mol. The number of carbonyl (C=O) groups is 1. The van der Waals surface area contributed by atoms with Crippen LogP contribution in [-0.2, 0) is 18.4 Å². The number of hydrogen-bond donors (Lipinski definition) is 3. The summed E-state index contributed by atoms with van der Waals surface area (Å²) in [5.74, 6) is -0.180. The number of hydrogen-bond acceptors (Lipinski definition) is 5. The first-order valence-electron chi connectivity index (χ1n) is 24.2. The average molecular weight is 828 g/mol. The molecule has 0 aromatic carbocycles. The molecule has 0 bridgehead atoms. The molecule has 3 atom stereocenters. The zero-order valence-corrected chi connectivity index (χ0v) is 39.2. The van der Waals surface area contributed by atoms with Crippen LogP contribution >= 0.6 is 7.82 Å². The van der Waals surface area contributed by atoms with Crippen molar-refractivity contribution >= 4 is 13.7 Å².